The first kappa shape index (κ1) is 14.0. The Bertz CT molecular complexity index is 556. The van der Waals surface area contributed by atoms with Crippen LogP contribution in [0.1, 0.15) is 12.8 Å². The maximum absolute atomic E-state index is 12.1. The molecule has 18 heavy (non-hydrogen) atoms. The summed E-state index contributed by atoms with van der Waals surface area (Å²) in [6.07, 6.45) is 4.09. The van der Waals surface area contributed by atoms with Gasteiger partial charge < -0.3 is 5.73 Å². The summed E-state index contributed by atoms with van der Waals surface area (Å²) >= 11 is 7.61. The summed E-state index contributed by atoms with van der Waals surface area (Å²) in [5.41, 5.74) is 5.99. The van der Waals surface area contributed by atoms with Crippen LogP contribution in [-0.2, 0) is 10.0 Å². The summed E-state index contributed by atoms with van der Waals surface area (Å²) in [6, 6.07) is 4.40. The highest BCUT2D eigenvalue weighted by Crippen LogP contribution is 2.46. The molecule has 100 valence electrons. The van der Waals surface area contributed by atoms with Gasteiger partial charge >= 0.3 is 0 Å². The number of benzene rings is 1. The van der Waals surface area contributed by atoms with Crippen molar-refractivity contribution in [3.05, 3.63) is 23.2 Å². The molecule has 0 radical (unpaired) electrons. The summed E-state index contributed by atoms with van der Waals surface area (Å²) in [6.45, 7) is 0.442. The van der Waals surface area contributed by atoms with Crippen LogP contribution in [0.2, 0.25) is 5.02 Å². The van der Waals surface area contributed by atoms with E-state index >= 15 is 0 Å². The molecular formula is C11H15ClN2O2S2. The van der Waals surface area contributed by atoms with Crippen LogP contribution in [0, 0.1) is 0 Å². The lowest BCUT2D eigenvalue weighted by molar-refractivity contribution is 0.580. The molecule has 0 amide bonds. The summed E-state index contributed by atoms with van der Waals surface area (Å²) in [5, 5.41) is 0.150. The molecule has 0 bridgehead atoms. The third-order valence-electron chi connectivity index (χ3n) is 3.07. The second-order valence-electron chi connectivity index (χ2n) is 4.40. The van der Waals surface area contributed by atoms with Gasteiger partial charge in [-0.3, -0.25) is 0 Å². The molecule has 2 rings (SSSR count). The van der Waals surface area contributed by atoms with Crippen molar-refractivity contribution >= 4 is 39.1 Å². The third-order valence-corrected chi connectivity index (χ3v) is 6.37. The van der Waals surface area contributed by atoms with Crippen LogP contribution in [0.4, 0.5) is 5.69 Å². The number of nitrogens with two attached hydrogens (primary N) is 1. The van der Waals surface area contributed by atoms with Crippen LogP contribution in [0.25, 0.3) is 0 Å². The van der Waals surface area contributed by atoms with E-state index < -0.39 is 10.0 Å². The van der Waals surface area contributed by atoms with Gasteiger partial charge in [-0.25, -0.2) is 13.1 Å². The zero-order valence-electron chi connectivity index (χ0n) is 9.94. The van der Waals surface area contributed by atoms with Gasteiger partial charge in [-0.1, -0.05) is 11.6 Å². The lowest BCUT2D eigenvalue weighted by atomic mass is 10.3. The topological polar surface area (TPSA) is 72.2 Å². The highest BCUT2D eigenvalue weighted by atomic mass is 35.5. The van der Waals surface area contributed by atoms with Gasteiger partial charge in [-0.2, -0.15) is 11.8 Å². The van der Waals surface area contributed by atoms with Gasteiger partial charge in [0.1, 0.15) is 4.90 Å². The fourth-order valence-electron chi connectivity index (χ4n) is 1.63. The van der Waals surface area contributed by atoms with Gasteiger partial charge in [0.2, 0.25) is 10.0 Å². The molecule has 1 aromatic rings. The van der Waals surface area contributed by atoms with Crippen LogP contribution in [-0.4, -0.2) is 26.0 Å². The number of nitrogens with one attached hydrogen (secondary N) is 1. The number of hydrogen-bond acceptors (Lipinski definition) is 4. The minimum absolute atomic E-state index is 0.0767. The normalized spacial score (nSPS) is 17.7. The summed E-state index contributed by atoms with van der Waals surface area (Å²) < 4.78 is 26.9. The molecule has 1 aliphatic rings. The largest absolute Gasteiger partial charge is 0.399 e. The lowest BCUT2D eigenvalue weighted by Gasteiger charge is -2.14. The number of anilines is 1. The summed E-state index contributed by atoms with van der Waals surface area (Å²) in [5.74, 6) is 0. The summed E-state index contributed by atoms with van der Waals surface area (Å²) in [4.78, 5) is 0.0790. The predicted molar refractivity (Wildman–Crippen MR) is 76.5 cm³/mol. The van der Waals surface area contributed by atoms with Gasteiger partial charge in [-0.15, -0.1) is 0 Å². The van der Waals surface area contributed by atoms with Gasteiger partial charge in [0.05, 0.1) is 5.02 Å². The molecule has 0 heterocycles. The van der Waals surface area contributed by atoms with E-state index in [1.54, 1.807) is 11.8 Å². The molecule has 1 aliphatic carbocycles. The van der Waals surface area contributed by atoms with E-state index in [0.717, 1.165) is 12.8 Å². The maximum atomic E-state index is 12.1. The van der Waals surface area contributed by atoms with Crippen LogP contribution >= 0.6 is 23.4 Å². The first-order valence-electron chi connectivity index (χ1n) is 5.48. The van der Waals surface area contributed by atoms with E-state index in [1.165, 1.54) is 18.2 Å². The zero-order chi connectivity index (χ0) is 13.4. The number of nitrogen functional groups attached to an aromatic ring is 1. The van der Waals surface area contributed by atoms with Gasteiger partial charge in [0.15, 0.2) is 0 Å². The van der Waals surface area contributed by atoms with E-state index in [-0.39, 0.29) is 14.7 Å². The first-order chi connectivity index (χ1) is 8.38. The smallest absolute Gasteiger partial charge is 0.242 e. The Kier molecular flexibility index (Phi) is 3.82. The molecular weight excluding hydrogens is 292 g/mol. The van der Waals surface area contributed by atoms with Crippen molar-refractivity contribution in [2.45, 2.75) is 22.5 Å². The number of halogens is 1. The standard InChI is InChI=1S/C11H15ClN2O2S2/c1-17-11(4-5-11)7-14-18(15,16)10-3-2-8(13)6-9(10)12/h2-3,6,14H,4-5,7,13H2,1H3. The highest BCUT2D eigenvalue weighted by Gasteiger charge is 2.42. The van der Waals surface area contributed by atoms with Crippen molar-refractivity contribution in [1.82, 2.24) is 4.72 Å². The SMILES string of the molecule is CSC1(CNS(=O)(=O)c2ccc(N)cc2Cl)CC1. The fourth-order valence-corrected chi connectivity index (χ4v) is 4.13. The van der Waals surface area contributed by atoms with Crippen molar-refractivity contribution in [2.75, 3.05) is 18.5 Å². The fraction of sp³-hybridized carbons (Fsp3) is 0.455. The average Bonchev–Trinajstić information content (AvgIpc) is 3.07. The minimum Gasteiger partial charge on any atom is -0.399 e. The van der Waals surface area contributed by atoms with Crippen molar-refractivity contribution in [3.63, 3.8) is 0 Å². The quantitative estimate of drug-likeness (QED) is 0.817. The van der Waals surface area contributed by atoms with Crippen LogP contribution in [0.5, 0.6) is 0 Å². The molecule has 7 heteroatoms. The van der Waals surface area contributed by atoms with E-state index in [9.17, 15) is 8.42 Å². The van der Waals surface area contributed by atoms with Crippen LogP contribution in [0.15, 0.2) is 23.1 Å². The van der Waals surface area contributed by atoms with Gasteiger partial charge in [0, 0.05) is 17.0 Å². The van der Waals surface area contributed by atoms with Crippen LogP contribution in [0.3, 0.4) is 0 Å². The zero-order valence-corrected chi connectivity index (χ0v) is 12.3. The Morgan fingerprint density at radius 2 is 2.17 bits per heavy atom. The Hall–Kier alpha value is -0.430. The lowest BCUT2D eigenvalue weighted by Crippen LogP contribution is -2.31. The number of rotatable bonds is 5. The monoisotopic (exact) mass is 306 g/mol. The molecule has 0 aromatic heterocycles. The molecule has 0 spiro atoms. The van der Waals surface area contributed by atoms with Crippen molar-refractivity contribution in [3.8, 4) is 0 Å². The molecule has 0 unspecified atom stereocenters. The van der Waals surface area contributed by atoms with Gasteiger partial charge in [0.25, 0.3) is 0 Å². The molecule has 1 aromatic carbocycles. The van der Waals surface area contributed by atoms with Gasteiger partial charge in [-0.05, 0) is 37.3 Å². The highest BCUT2D eigenvalue weighted by molar-refractivity contribution is 8.00. The van der Waals surface area contributed by atoms with E-state index in [4.69, 9.17) is 17.3 Å². The number of sulfonamides is 1. The van der Waals surface area contributed by atoms with Crippen LogP contribution < -0.4 is 10.5 Å². The Morgan fingerprint density at radius 1 is 1.50 bits per heavy atom. The average molecular weight is 307 g/mol. The molecule has 1 saturated carbocycles. The molecule has 4 nitrogen and oxygen atoms in total. The Morgan fingerprint density at radius 3 is 2.67 bits per heavy atom. The molecule has 0 atom stereocenters. The number of hydrogen-bond donors (Lipinski definition) is 2. The maximum Gasteiger partial charge on any atom is 0.242 e. The van der Waals surface area contributed by atoms with E-state index in [2.05, 4.69) is 4.72 Å². The van der Waals surface area contributed by atoms with Crippen molar-refractivity contribution in [2.24, 2.45) is 0 Å². The second kappa shape index (κ2) is 4.92. The Balaban J connectivity index is 2.15. The first-order valence-corrected chi connectivity index (χ1v) is 8.57. The van der Waals surface area contributed by atoms with Crippen molar-refractivity contribution < 1.29 is 8.42 Å². The Labute approximate surface area is 116 Å². The third kappa shape index (κ3) is 2.93. The molecule has 1 fully saturated rings. The predicted octanol–water partition coefficient (Wildman–Crippen LogP) is 2.10. The molecule has 3 N–H and O–H groups in total. The molecule has 0 saturated heterocycles. The second-order valence-corrected chi connectivity index (χ2v) is 7.82. The minimum atomic E-state index is -3.56. The number of thioether (sulfide) groups is 1. The summed E-state index contributed by atoms with van der Waals surface area (Å²) in [7, 11) is -3.56. The van der Waals surface area contributed by atoms with E-state index in [0.29, 0.717) is 12.2 Å². The van der Waals surface area contributed by atoms with E-state index in [1.807, 2.05) is 6.26 Å². The molecule has 0 aliphatic heterocycles. The van der Waals surface area contributed by atoms with Crippen molar-refractivity contribution in [1.29, 1.82) is 0 Å².